The molecule has 0 aromatic heterocycles. The van der Waals surface area contributed by atoms with Crippen molar-refractivity contribution in [2.24, 2.45) is 5.92 Å². The van der Waals surface area contributed by atoms with Gasteiger partial charge in [0.25, 0.3) is 0 Å². The highest BCUT2D eigenvalue weighted by Gasteiger charge is 2.35. The molecule has 0 saturated carbocycles. The summed E-state index contributed by atoms with van der Waals surface area (Å²) in [6.07, 6.45) is 3.93. The molecule has 0 radical (unpaired) electrons. The molecule has 0 amide bonds. The Labute approximate surface area is 121 Å². The molecule has 2 saturated heterocycles. The average Bonchev–Trinajstić information content (AvgIpc) is 2.90. The van der Waals surface area contributed by atoms with Gasteiger partial charge in [0.15, 0.2) is 0 Å². The van der Waals surface area contributed by atoms with Crippen molar-refractivity contribution in [3.63, 3.8) is 0 Å². The number of hydrogen-bond acceptors (Lipinski definition) is 3. The zero-order valence-electron chi connectivity index (χ0n) is 12.1. The van der Waals surface area contributed by atoms with Gasteiger partial charge in [0.05, 0.1) is 6.61 Å². The van der Waals surface area contributed by atoms with E-state index in [2.05, 4.69) is 34.5 Å². The van der Waals surface area contributed by atoms with Gasteiger partial charge in [-0.2, -0.15) is 0 Å². The number of ether oxygens (including phenoxy) is 1. The SMILES string of the molecule is c1ccc2c(c1)OCCC2CN1C[C@@H]2CCCN[C@@H]2C1. The fourth-order valence-electron chi connectivity index (χ4n) is 4.20. The van der Waals surface area contributed by atoms with Gasteiger partial charge in [-0.1, -0.05) is 18.2 Å². The van der Waals surface area contributed by atoms with E-state index in [4.69, 9.17) is 4.74 Å². The Morgan fingerprint density at radius 1 is 1.20 bits per heavy atom. The Balaban J connectivity index is 1.45. The van der Waals surface area contributed by atoms with Gasteiger partial charge in [-0.25, -0.2) is 0 Å². The van der Waals surface area contributed by atoms with Crippen LogP contribution in [0.4, 0.5) is 0 Å². The van der Waals surface area contributed by atoms with Crippen LogP contribution in [0.5, 0.6) is 5.75 Å². The van der Waals surface area contributed by atoms with Gasteiger partial charge in [-0.3, -0.25) is 0 Å². The van der Waals surface area contributed by atoms with E-state index in [-0.39, 0.29) is 0 Å². The van der Waals surface area contributed by atoms with Gasteiger partial charge in [0, 0.05) is 31.6 Å². The molecule has 4 rings (SSSR count). The number of fused-ring (bicyclic) bond motifs is 2. The minimum Gasteiger partial charge on any atom is -0.493 e. The van der Waals surface area contributed by atoms with Crippen LogP contribution < -0.4 is 10.1 Å². The van der Waals surface area contributed by atoms with E-state index >= 15 is 0 Å². The maximum atomic E-state index is 5.78. The van der Waals surface area contributed by atoms with Gasteiger partial charge in [0.1, 0.15) is 5.75 Å². The van der Waals surface area contributed by atoms with E-state index in [1.807, 2.05) is 0 Å². The van der Waals surface area contributed by atoms with Gasteiger partial charge in [0.2, 0.25) is 0 Å². The molecule has 3 heterocycles. The molecule has 1 unspecified atom stereocenters. The third-order valence-electron chi connectivity index (χ3n) is 5.24. The number of nitrogens with zero attached hydrogens (tertiary/aromatic N) is 1. The quantitative estimate of drug-likeness (QED) is 0.893. The second kappa shape index (κ2) is 5.38. The van der Waals surface area contributed by atoms with Crippen LogP contribution in [0.15, 0.2) is 24.3 Å². The lowest BCUT2D eigenvalue weighted by Gasteiger charge is -2.29. The topological polar surface area (TPSA) is 24.5 Å². The molecule has 1 N–H and O–H groups in total. The van der Waals surface area contributed by atoms with Crippen molar-refractivity contribution >= 4 is 0 Å². The summed E-state index contributed by atoms with van der Waals surface area (Å²) in [4.78, 5) is 2.68. The summed E-state index contributed by atoms with van der Waals surface area (Å²) in [6.45, 7) is 5.83. The van der Waals surface area contributed by atoms with Crippen LogP contribution in [0.25, 0.3) is 0 Å². The van der Waals surface area contributed by atoms with Crippen LogP contribution in [0.1, 0.15) is 30.7 Å². The highest BCUT2D eigenvalue weighted by atomic mass is 16.5. The second-order valence-corrected chi connectivity index (χ2v) is 6.55. The van der Waals surface area contributed by atoms with Crippen molar-refractivity contribution in [3.05, 3.63) is 29.8 Å². The molecule has 0 spiro atoms. The van der Waals surface area contributed by atoms with Crippen LogP contribution in [-0.2, 0) is 0 Å². The maximum Gasteiger partial charge on any atom is 0.122 e. The Kier molecular flexibility index (Phi) is 3.41. The number of benzene rings is 1. The number of hydrogen-bond donors (Lipinski definition) is 1. The van der Waals surface area contributed by atoms with Crippen molar-refractivity contribution in [2.45, 2.75) is 31.2 Å². The van der Waals surface area contributed by atoms with Crippen LogP contribution >= 0.6 is 0 Å². The summed E-state index contributed by atoms with van der Waals surface area (Å²) < 4.78 is 5.78. The van der Waals surface area contributed by atoms with Crippen LogP contribution in [0, 0.1) is 5.92 Å². The first kappa shape index (κ1) is 12.7. The maximum absolute atomic E-state index is 5.78. The van der Waals surface area contributed by atoms with Crippen LogP contribution in [0.2, 0.25) is 0 Å². The van der Waals surface area contributed by atoms with Crippen LogP contribution in [0.3, 0.4) is 0 Å². The second-order valence-electron chi connectivity index (χ2n) is 6.55. The standard InChI is InChI=1S/C17H24N2O/c1-2-6-17-15(5-1)13(7-9-20-17)10-19-11-14-4-3-8-18-16(14)12-19/h1-2,5-6,13-14,16,18H,3-4,7-12H2/t13?,14-,16+/m0/s1. The Hall–Kier alpha value is -1.06. The number of rotatable bonds is 2. The summed E-state index contributed by atoms with van der Waals surface area (Å²) in [5, 5.41) is 3.70. The fourth-order valence-corrected chi connectivity index (χ4v) is 4.20. The van der Waals surface area contributed by atoms with Crippen LogP contribution in [-0.4, -0.2) is 43.7 Å². The Bertz CT molecular complexity index is 462. The first-order valence-corrected chi connectivity index (χ1v) is 8.07. The molecule has 20 heavy (non-hydrogen) atoms. The van der Waals surface area contributed by atoms with E-state index < -0.39 is 0 Å². The highest BCUT2D eigenvalue weighted by molar-refractivity contribution is 5.38. The molecule has 0 aliphatic carbocycles. The van der Waals surface area contributed by atoms with Gasteiger partial charge in [-0.15, -0.1) is 0 Å². The zero-order chi connectivity index (χ0) is 13.4. The Morgan fingerprint density at radius 3 is 3.10 bits per heavy atom. The van der Waals surface area contributed by atoms with E-state index in [0.717, 1.165) is 30.7 Å². The number of piperidine rings is 1. The van der Waals surface area contributed by atoms with Gasteiger partial charge < -0.3 is 15.0 Å². The summed E-state index contributed by atoms with van der Waals surface area (Å²) in [5.74, 6) is 2.65. The summed E-state index contributed by atoms with van der Waals surface area (Å²) in [5.41, 5.74) is 1.42. The minimum absolute atomic E-state index is 0.653. The lowest BCUT2D eigenvalue weighted by Crippen LogP contribution is -2.40. The number of nitrogens with one attached hydrogen (secondary N) is 1. The van der Waals surface area contributed by atoms with E-state index in [9.17, 15) is 0 Å². The van der Waals surface area contributed by atoms with E-state index in [1.165, 1.54) is 44.6 Å². The third kappa shape index (κ3) is 2.33. The van der Waals surface area contributed by atoms with E-state index in [1.54, 1.807) is 0 Å². The summed E-state index contributed by atoms with van der Waals surface area (Å²) >= 11 is 0. The largest absolute Gasteiger partial charge is 0.493 e. The number of likely N-dealkylation sites (tertiary alicyclic amines) is 1. The van der Waals surface area contributed by atoms with Gasteiger partial charge in [-0.05, 0) is 43.4 Å². The minimum atomic E-state index is 0.653. The molecule has 1 aromatic rings. The predicted octanol–water partition coefficient (Wildman–Crippen LogP) is 2.24. The normalized spacial score (nSPS) is 33.3. The first-order valence-electron chi connectivity index (χ1n) is 8.07. The Morgan fingerprint density at radius 2 is 2.15 bits per heavy atom. The van der Waals surface area contributed by atoms with Crippen molar-refractivity contribution in [3.8, 4) is 5.75 Å². The predicted molar refractivity (Wildman–Crippen MR) is 80.2 cm³/mol. The summed E-state index contributed by atoms with van der Waals surface area (Å²) in [6, 6.07) is 9.34. The van der Waals surface area contributed by atoms with Gasteiger partial charge >= 0.3 is 0 Å². The fraction of sp³-hybridized carbons (Fsp3) is 0.647. The molecular weight excluding hydrogens is 248 g/mol. The number of para-hydroxylation sites is 1. The molecule has 3 aliphatic heterocycles. The van der Waals surface area contributed by atoms with Crippen molar-refractivity contribution in [1.82, 2.24) is 10.2 Å². The molecule has 3 nitrogen and oxygen atoms in total. The third-order valence-corrected chi connectivity index (χ3v) is 5.24. The van der Waals surface area contributed by atoms with Crippen molar-refractivity contribution < 1.29 is 4.74 Å². The molecule has 3 heteroatoms. The lowest BCUT2D eigenvalue weighted by molar-refractivity contribution is 0.228. The lowest BCUT2D eigenvalue weighted by atomic mass is 9.92. The first-order chi connectivity index (χ1) is 9.90. The van der Waals surface area contributed by atoms with E-state index in [0.29, 0.717) is 5.92 Å². The average molecular weight is 272 g/mol. The molecular formula is C17H24N2O. The monoisotopic (exact) mass is 272 g/mol. The smallest absolute Gasteiger partial charge is 0.122 e. The molecule has 3 aliphatic rings. The highest BCUT2D eigenvalue weighted by Crippen LogP contribution is 2.35. The van der Waals surface area contributed by atoms with Crippen molar-refractivity contribution in [1.29, 1.82) is 0 Å². The molecule has 108 valence electrons. The van der Waals surface area contributed by atoms with Crippen molar-refractivity contribution in [2.75, 3.05) is 32.8 Å². The summed E-state index contributed by atoms with van der Waals surface area (Å²) in [7, 11) is 0. The molecule has 0 bridgehead atoms. The molecule has 3 atom stereocenters. The molecule has 1 aromatic carbocycles. The zero-order valence-corrected chi connectivity index (χ0v) is 12.1. The molecule has 2 fully saturated rings.